The number of ketones is 1. The first kappa shape index (κ1) is 18.3. The Kier molecular flexibility index (Phi) is 4.65. The molecule has 0 radical (unpaired) electrons. The summed E-state index contributed by atoms with van der Waals surface area (Å²) in [6, 6.07) is 11.1. The van der Waals surface area contributed by atoms with Crippen LogP contribution in [0.5, 0.6) is 17.4 Å². The first-order valence-electron chi connectivity index (χ1n) is 9.06. The first-order chi connectivity index (χ1) is 13.5. The van der Waals surface area contributed by atoms with Crippen LogP contribution in [-0.4, -0.2) is 57.1 Å². The lowest BCUT2D eigenvalue weighted by Crippen LogP contribution is -2.20. The van der Waals surface area contributed by atoms with Crippen LogP contribution in [0.2, 0.25) is 0 Å². The van der Waals surface area contributed by atoms with Crippen molar-refractivity contribution in [3.05, 3.63) is 47.5 Å². The Labute approximate surface area is 163 Å². The molecule has 0 bridgehead atoms. The number of pyridine rings is 1. The maximum Gasteiger partial charge on any atom is 0.222 e. The molecule has 0 fully saturated rings. The number of rotatable bonds is 6. The van der Waals surface area contributed by atoms with Gasteiger partial charge < -0.3 is 19.1 Å². The van der Waals surface area contributed by atoms with E-state index in [-0.39, 0.29) is 5.78 Å². The molecule has 0 N–H and O–H groups in total. The number of fused-ring (bicyclic) bond motifs is 5. The number of carbonyl (C=O) groups is 1. The molecule has 0 aliphatic heterocycles. The van der Waals surface area contributed by atoms with E-state index in [2.05, 4.69) is 0 Å². The van der Waals surface area contributed by atoms with Gasteiger partial charge in [0.15, 0.2) is 5.78 Å². The highest BCUT2D eigenvalue weighted by molar-refractivity contribution is 6.28. The number of ether oxygens (including phenoxy) is 3. The van der Waals surface area contributed by atoms with Gasteiger partial charge in [0.25, 0.3) is 0 Å². The van der Waals surface area contributed by atoms with Crippen LogP contribution in [0.1, 0.15) is 15.9 Å². The van der Waals surface area contributed by atoms with Gasteiger partial charge in [0.1, 0.15) is 18.1 Å². The number of aromatic nitrogens is 1. The van der Waals surface area contributed by atoms with E-state index >= 15 is 0 Å². The maximum absolute atomic E-state index is 13.3. The van der Waals surface area contributed by atoms with E-state index < -0.39 is 0 Å². The molecule has 2 aromatic carbocycles. The second-order valence-corrected chi connectivity index (χ2v) is 6.94. The minimum Gasteiger partial charge on any atom is -0.497 e. The van der Waals surface area contributed by atoms with E-state index in [1.54, 1.807) is 20.3 Å². The van der Waals surface area contributed by atoms with Gasteiger partial charge in [-0.15, -0.1) is 0 Å². The third-order valence-corrected chi connectivity index (χ3v) is 4.90. The van der Waals surface area contributed by atoms with Gasteiger partial charge in [0, 0.05) is 23.1 Å². The van der Waals surface area contributed by atoms with Gasteiger partial charge in [-0.05, 0) is 56.1 Å². The summed E-state index contributed by atoms with van der Waals surface area (Å²) in [7, 11) is 7.17. The summed E-state index contributed by atoms with van der Waals surface area (Å²) in [6.45, 7) is 1.23. The maximum atomic E-state index is 13.3. The van der Waals surface area contributed by atoms with Crippen LogP contribution in [0, 0.1) is 0 Å². The normalized spacial score (nSPS) is 12.2. The Hall–Kier alpha value is -3.12. The lowest BCUT2D eigenvalue weighted by Gasteiger charge is -2.15. The summed E-state index contributed by atoms with van der Waals surface area (Å²) in [5, 5.41) is 0.759. The zero-order valence-corrected chi connectivity index (χ0v) is 16.4. The number of carbonyl (C=O) groups excluding carboxylic acids is 1. The molecule has 0 amide bonds. The molecule has 1 aromatic heterocycles. The third-order valence-electron chi connectivity index (χ3n) is 4.90. The Morgan fingerprint density at radius 1 is 0.929 bits per heavy atom. The molecule has 1 aliphatic carbocycles. The van der Waals surface area contributed by atoms with Crippen molar-refractivity contribution in [2.24, 2.45) is 0 Å². The van der Waals surface area contributed by atoms with Gasteiger partial charge in [0.2, 0.25) is 5.88 Å². The van der Waals surface area contributed by atoms with Crippen LogP contribution < -0.4 is 14.2 Å². The van der Waals surface area contributed by atoms with Gasteiger partial charge in [-0.3, -0.25) is 4.79 Å². The van der Waals surface area contributed by atoms with Crippen LogP contribution in [0.15, 0.2) is 36.4 Å². The van der Waals surface area contributed by atoms with E-state index in [1.165, 1.54) is 0 Å². The second-order valence-electron chi connectivity index (χ2n) is 6.94. The van der Waals surface area contributed by atoms with Gasteiger partial charge in [0.05, 0.1) is 25.3 Å². The summed E-state index contributed by atoms with van der Waals surface area (Å²) in [6.07, 6.45) is 0. The molecule has 1 aliphatic rings. The number of methoxy groups -OCH3 is 2. The first-order valence-corrected chi connectivity index (χ1v) is 9.06. The third kappa shape index (κ3) is 2.96. The van der Waals surface area contributed by atoms with E-state index in [9.17, 15) is 4.79 Å². The second kappa shape index (κ2) is 7.13. The summed E-state index contributed by atoms with van der Waals surface area (Å²) < 4.78 is 16.7. The molecule has 6 heteroatoms. The summed E-state index contributed by atoms with van der Waals surface area (Å²) in [5.41, 5.74) is 3.46. The molecular formula is C22H22N2O4. The Bertz CT molecular complexity index is 1080. The van der Waals surface area contributed by atoms with Crippen molar-refractivity contribution < 1.29 is 19.0 Å². The minimum absolute atomic E-state index is 0.0537. The van der Waals surface area contributed by atoms with E-state index in [4.69, 9.17) is 19.2 Å². The summed E-state index contributed by atoms with van der Waals surface area (Å²) in [5.74, 6) is 1.75. The average molecular weight is 378 g/mol. The van der Waals surface area contributed by atoms with Gasteiger partial charge in [-0.25, -0.2) is 4.98 Å². The van der Waals surface area contributed by atoms with Crippen LogP contribution in [0.4, 0.5) is 0 Å². The van der Waals surface area contributed by atoms with Crippen molar-refractivity contribution in [1.82, 2.24) is 9.88 Å². The predicted molar refractivity (Wildman–Crippen MR) is 108 cm³/mol. The van der Waals surface area contributed by atoms with Crippen LogP contribution in [0.3, 0.4) is 0 Å². The standard InChI is InChI=1S/C22H22N2O4/c1-24(2)9-10-28-22-20-15-7-5-13(26-3)11-16(15)21(25)19(20)17-12-14(27-4)6-8-18(17)23-22/h5-8,11-12H,9-10H2,1-4H3. The van der Waals surface area contributed by atoms with Crippen LogP contribution in [-0.2, 0) is 0 Å². The van der Waals surface area contributed by atoms with Gasteiger partial charge in [-0.2, -0.15) is 0 Å². The van der Waals surface area contributed by atoms with Crippen molar-refractivity contribution in [3.63, 3.8) is 0 Å². The van der Waals surface area contributed by atoms with Gasteiger partial charge in [-0.1, -0.05) is 0 Å². The molecule has 0 saturated heterocycles. The minimum atomic E-state index is -0.0537. The van der Waals surface area contributed by atoms with Crippen molar-refractivity contribution >= 4 is 16.7 Å². The summed E-state index contributed by atoms with van der Waals surface area (Å²) >= 11 is 0. The highest BCUT2D eigenvalue weighted by atomic mass is 16.5. The molecule has 144 valence electrons. The average Bonchev–Trinajstić information content (AvgIpc) is 3.00. The molecule has 3 aromatic rings. The number of nitrogens with zero attached hydrogens (tertiary/aromatic N) is 2. The Balaban J connectivity index is 1.94. The molecule has 6 nitrogen and oxygen atoms in total. The fourth-order valence-corrected chi connectivity index (χ4v) is 3.45. The zero-order chi connectivity index (χ0) is 19.8. The fourth-order valence-electron chi connectivity index (χ4n) is 3.45. The van der Waals surface area contributed by atoms with Crippen molar-refractivity contribution in [1.29, 1.82) is 0 Å². The zero-order valence-electron chi connectivity index (χ0n) is 16.4. The topological polar surface area (TPSA) is 60.9 Å². The molecule has 4 rings (SSSR count). The SMILES string of the molecule is COc1ccc2c(c1)C(=O)c1c-2c(OCCN(C)C)nc2ccc(OC)cc12. The molecule has 0 atom stereocenters. The molecular weight excluding hydrogens is 356 g/mol. The molecule has 0 unspecified atom stereocenters. The lowest BCUT2D eigenvalue weighted by atomic mass is 10.0. The molecule has 1 heterocycles. The Morgan fingerprint density at radius 2 is 1.64 bits per heavy atom. The smallest absolute Gasteiger partial charge is 0.222 e. The van der Waals surface area contributed by atoms with E-state index in [1.807, 2.05) is 49.3 Å². The van der Waals surface area contributed by atoms with Crippen molar-refractivity contribution in [3.8, 4) is 28.5 Å². The monoisotopic (exact) mass is 378 g/mol. The summed E-state index contributed by atoms with van der Waals surface area (Å²) in [4.78, 5) is 20.1. The van der Waals surface area contributed by atoms with Gasteiger partial charge >= 0.3 is 0 Å². The highest BCUT2D eigenvalue weighted by Crippen LogP contribution is 2.46. The lowest BCUT2D eigenvalue weighted by molar-refractivity contribution is 0.104. The highest BCUT2D eigenvalue weighted by Gasteiger charge is 2.33. The van der Waals surface area contributed by atoms with Crippen LogP contribution >= 0.6 is 0 Å². The number of hydrogen-bond acceptors (Lipinski definition) is 6. The van der Waals surface area contributed by atoms with E-state index in [0.717, 1.165) is 23.1 Å². The van der Waals surface area contributed by atoms with Crippen molar-refractivity contribution in [2.75, 3.05) is 41.5 Å². The Morgan fingerprint density at radius 3 is 2.36 bits per heavy atom. The molecule has 0 saturated carbocycles. The number of likely N-dealkylation sites (N-methyl/N-ethyl adjacent to an activating group) is 1. The van der Waals surface area contributed by atoms with E-state index in [0.29, 0.717) is 40.6 Å². The fraction of sp³-hybridized carbons (Fsp3) is 0.273. The number of hydrogen-bond donors (Lipinski definition) is 0. The predicted octanol–water partition coefficient (Wildman–Crippen LogP) is 3.40. The van der Waals surface area contributed by atoms with Crippen LogP contribution in [0.25, 0.3) is 22.0 Å². The number of benzene rings is 2. The quantitative estimate of drug-likeness (QED) is 0.512. The van der Waals surface area contributed by atoms with Crippen molar-refractivity contribution in [2.45, 2.75) is 0 Å². The molecule has 28 heavy (non-hydrogen) atoms. The molecule has 0 spiro atoms. The largest absolute Gasteiger partial charge is 0.497 e.